The molecule has 0 heterocycles. The smallest absolute Gasteiger partial charge is 0.0784 e. The molecule has 0 nitrogen and oxygen atoms in total. The van der Waals surface area contributed by atoms with E-state index in [4.69, 9.17) is 0 Å². The van der Waals surface area contributed by atoms with Crippen molar-refractivity contribution >= 4 is 111 Å². The zero-order valence-electron chi connectivity index (χ0n) is 51.1. The fraction of sp³-hybridized carbons (Fsp3) is 0.0787. The SMILES string of the molecule is C1=C(c2ccc(-c3c4ccccc4c(-c4ccc5ccc6cccc7ccc4c5c67)c4ccccc34)c3ccccc23)c2ccccc2C1.C[Si](C)(C)c1cc(C2=CCCC2)ccc1-c1c2ccccc2c(-c2ccc(-c3ccccc3)cc2)c2ccccc12. The van der Waals surface area contributed by atoms with Crippen LogP contribution < -0.4 is 5.19 Å². The Bertz CT molecular complexity index is 5490. The lowest BCUT2D eigenvalue weighted by Gasteiger charge is -2.25. The second-order valence-corrected chi connectivity index (χ2v) is 31.0. The summed E-state index contributed by atoms with van der Waals surface area (Å²) in [6, 6.07) is 106. The van der Waals surface area contributed by atoms with Crippen LogP contribution in [0.15, 0.2) is 297 Å². The largest absolute Gasteiger partial charge is 0.0807 e. The molecule has 16 aromatic carbocycles. The van der Waals surface area contributed by atoms with Gasteiger partial charge in [0.1, 0.15) is 0 Å². The molecule has 0 bridgehead atoms. The molecule has 1 heteroatoms. The number of hydrogen-bond donors (Lipinski definition) is 0. The molecule has 0 aliphatic heterocycles. The predicted octanol–water partition coefficient (Wildman–Crippen LogP) is 24.5. The van der Waals surface area contributed by atoms with E-state index in [9.17, 15) is 0 Å². The molecule has 90 heavy (non-hydrogen) atoms. The van der Waals surface area contributed by atoms with Crippen LogP contribution in [-0.4, -0.2) is 8.07 Å². The molecule has 0 unspecified atom stereocenters. The van der Waals surface area contributed by atoms with Gasteiger partial charge in [-0.1, -0.05) is 322 Å². The minimum atomic E-state index is -1.66. The van der Waals surface area contributed by atoms with Gasteiger partial charge in [0.15, 0.2) is 0 Å². The minimum absolute atomic E-state index is 0.987. The molecule has 16 aromatic rings. The van der Waals surface area contributed by atoms with Crippen molar-refractivity contribution in [3.63, 3.8) is 0 Å². The van der Waals surface area contributed by atoms with Crippen LogP contribution in [-0.2, 0) is 6.42 Å². The Morgan fingerprint density at radius 3 is 1.30 bits per heavy atom. The van der Waals surface area contributed by atoms with Crippen molar-refractivity contribution in [3.8, 4) is 55.6 Å². The fourth-order valence-electron chi connectivity index (χ4n) is 15.7. The average molecular weight is 1160 g/mol. The lowest BCUT2D eigenvalue weighted by Crippen LogP contribution is -2.39. The van der Waals surface area contributed by atoms with Crippen molar-refractivity contribution < 1.29 is 0 Å². The maximum atomic E-state index is 2.54. The van der Waals surface area contributed by atoms with Crippen molar-refractivity contribution in [1.29, 1.82) is 0 Å². The maximum Gasteiger partial charge on any atom is 0.0784 e. The summed E-state index contributed by atoms with van der Waals surface area (Å²) >= 11 is 0. The Kier molecular flexibility index (Phi) is 13.0. The summed E-state index contributed by atoms with van der Waals surface area (Å²) in [4.78, 5) is 0. The number of benzene rings is 16. The van der Waals surface area contributed by atoms with Crippen LogP contribution in [0.4, 0.5) is 0 Å². The summed E-state index contributed by atoms with van der Waals surface area (Å²) in [7, 11) is -1.66. The number of fused-ring (bicyclic) bond motifs is 6. The number of rotatable bonds is 8. The van der Waals surface area contributed by atoms with Crippen molar-refractivity contribution in [2.75, 3.05) is 0 Å². The summed E-state index contributed by atoms with van der Waals surface area (Å²) < 4.78 is 0. The Balaban J connectivity index is 0.000000141. The molecular formula is C89H66Si. The van der Waals surface area contributed by atoms with Crippen LogP contribution in [0.1, 0.15) is 41.5 Å². The Labute approximate surface area is 527 Å². The molecule has 0 saturated heterocycles. The molecule has 0 atom stereocenters. The second-order valence-electron chi connectivity index (χ2n) is 25.9. The monoisotopic (exact) mass is 1160 g/mol. The molecule has 0 radical (unpaired) electrons. The lowest BCUT2D eigenvalue weighted by atomic mass is 9.82. The third-order valence-electron chi connectivity index (χ3n) is 19.8. The maximum absolute atomic E-state index is 2.54. The van der Waals surface area contributed by atoms with E-state index in [2.05, 4.69) is 317 Å². The van der Waals surface area contributed by atoms with Gasteiger partial charge in [-0.3, -0.25) is 0 Å². The highest BCUT2D eigenvalue weighted by Crippen LogP contribution is 2.50. The topological polar surface area (TPSA) is 0 Å². The Morgan fingerprint density at radius 1 is 0.278 bits per heavy atom. The lowest BCUT2D eigenvalue weighted by molar-refractivity contribution is 0.935. The predicted molar refractivity (Wildman–Crippen MR) is 393 cm³/mol. The van der Waals surface area contributed by atoms with E-state index in [-0.39, 0.29) is 0 Å². The van der Waals surface area contributed by atoms with Gasteiger partial charge in [-0.25, -0.2) is 0 Å². The Hall–Kier alpha value is -10.4. The van der Waals surface area contributed by atoms with E-state index in [0.717, 1.165) is 6.42 Å². The fourth-order valence-corrected chi connectivity index (χ4v) is 17.3. The van der Waals surface area contributed by atoms with Crippen molar-refractivity contribution in [2.24, 2.45) is 0 Å². The van der Waals surface area contributed by atoms with Crippen molar-refractivity contribution in [2.45, 2.75) is 45.3 Å². The summed E-state index contributed by atoms with van der Waals surface area (Å²) in [6.45, 7) is 7.48. The molecule has 18 rings (SSSR count). The van der Waals surface area contributed by atoms with E-state index in [1.807, 2.05) is 0 Å². The van der Waals surface area contributed by atoms with E-state index >= 15 is 0 Å². The first kappa shape index (κ1) is 53.8. The summed E-state index contributed by atoms with van der Waals surface area (Å²) in [5.41, 5.74) is 21.4. The van der Waals surface area contributed by atoms with Crippen LogP contribution in [0.2, 0.25) is 19.6 Å². The van der Waals surface area contributed by atoms with Gasteiger partial charge in [-0.05, 0) is 201 Å². The molecular weight excluding hydrogens is 1100 g/mol. The van der Waals surface area contributed by atoms with Gasteiger partial charge in [0.25, 0.3) is 0 Å². The molecule has 2 aliphatic carbocycles. The van der Waals surface area contributed by atoms with Crippen LogP contribution in [0.3, 0.4) is 0 Å². The van der Waals surface area contributed by atoms with Crippen LogP contribution in [0.5, 0.6) is 0 Å². The van der Waals surface area contributed by atoms with E-state index in [1.165, 1.54) is 194 Å². The third-order valence-corrected chi connectivity index (χ3v) is 21.8. The summed E-state index contributed by atoms with van der Waals surface area (Å²) in [5, 5.41) is 22.5. The first-order chi connectivity index (χ1) is 44.3. The van der Waals surface area contributed by atoms with Crippen LogP contribution in [0, 0.1) is 0 Å². The summed E-state index contributed by atoms with van der Waals surface area (Å²) in [6.07, 6.45) is 9.54. The number of allylic oxidation sites excluding steroid dienone is 3. The van der Waals surface area contributed by atoms with Gasteiger partial charge >= 0.3 is 0 Å². The standard InChI is InChI=1S/C49H30.C40H36Si/c1-2-13-34-30(10-1)22-25-37(34)38-28-29-43(36-15-4-3-14-35(36)38)48-39-16-5-7-18-41(39)49(42-19-8-6-17-40(42)48)45-27-24-33-21-20-31-11-9-12-32-23-26-44(45)47(33)46(31)32;1-41(2,3)38-27-32(29-15-7-8-16-29)25-26-37(38)40-35-19-11-9-17-33(35)39(34-18-10-12-20-36(34)40)31-23-21-30(22-24-31)28-13-5-4-6-14-28/h1-21,23-29H,22H2;4-6,9-15,17-27H,7-8,16H2,1-3H3. The highest BCUT2D eigenvalue weighted by Gasteiger charge is 2.27. The average Bonchev–Trinajstić information content (AvgIpc) is 0.814. The first-order valence-corrected chi connectivity index (χ1v) is 35.7. The molecule has 426 valence electrons. The van der Waals surface area contributed by atoms with Gasteiger partial charge in [0, 0.05) is 0 Å². The third kappa shape index (κ3) is 8.86. The highest BCUT2D eigenvalue weighted by molar-refractivity contribution is 6.89. The Morgan fingerprint density at radius 2 is 0.711 bits per heavy atom. The van der Waals surface area contributed by atoms with Crippen LogP contribution in [0.25, 0.3) is 153 Å². The van der Waals surface area contributed by atoms with Crippen molar-refractivity contribution in [1.82, 2.24) is 0 Å². The highest BCUT2D eigenvalue weighted by atomic mass is 28.3. The number of hydrogen-bond acceptors (Lipinski definition) is 0. The van der Waals surface area contributed by atoms with Gasteiger partial charge in [-0.2, -0.15) is 0 Å². The van der Waals surface area contributed by atoms with Crippen LogP contribution >= 0.6 is 0 Å². The molecule has 0 N–H and O–H groups in total. The van der Waals surface area contributed by atoms with Gasteiger partial charge in [-0.15, -0.1) is 0 Å². The summed E-state index contributed by atoms with van der Waals surface area (Å²) in [5.74, 6) is 0. The normalized spacial score (nSPS) is 13.2. The van der Waals surface area contributed by atoms with Gasteiger partial charge < -0.3 is 0 Å². The molecule has 0 aromatic heterocycles. The second kappa shape index (κ2) is 21.7. The molecule has 2 aliphatic rings. The zero-order chi connectivity index (χ0) is 60.0. The van der Waals surface area contributed by atoms with E-state index < -0.39 is 8.07 Å². The first-order valence-electron chi connectivity index (χ1n) is 32.2. The molecule has 0 amide bonds. The molecule has 0 saturated carbocycles. The van der Waals surface area contributed by atoms with Gasteiger partial charge in [0.2, 0.25) is 0 Å². The van der Waals surface area contributed by atoms with Crippen molar-refractivity contribution in [3.05, 3.63) is 320 Å². The van der Waals surface area contributed by atoms with E-state index in [0.29, 0.717) is 0 Å². The zero-order valence-corrected chi connectivity index (χ0v) is 52.1. The quantitative estimate of drug-likeness (QED) is 0.0808. The molecule has 0 spiro atoms. The van der Waals surface area contributed by atoms with E-state index in [1.54, 1.807) is 5.19 Å². The minimum Gasteiger partial charge on any atom is -0.0807 e. The molecule has 0 fully saturated rings. The van der Waals surface area contributed by atoms with Gasteiger partial charge in [0.05, 0.1) is 8.07 Å².